The minimum atomic E-state index is -1.01. The molecule has 1 aliphatic rings. The Labute approximate surface area is 95.3 Å². The summed E-state index contributed by atoms with van der Waals surface area (Å²) < 4.78 is 13.2. The van der Waals surface area contributed by atoms with E-state index in [0.717, 1.165) is 24.8 Å². The van der Waals surface area contributed by atoms with Gasteiger partial charge in [-0.1, -0.05) is 12.5 Å². The molecule has 2 rings (SSSR count). The van der Waals surface area contributed by atoms with Crippen molar-refractivity contribution < 1.29 is 9.50 Å². The van der Waals surface area contributed by atoms with Crippen LogP contribution in [0, 0.1) is 0 Å². The molecule has 1 aromatic rings. The minimum absolute atomic E-state index is 0.116. The smallest absolute Gasteiger partial charge is 0.122 e. The van der Waals surface area contributed by atoms with Crippen molar-refractivity contribution in [1.82, 2.24) is 0 Å². The van der Waals surface area contributed by atoms with E-state index in [2.05, 4.69) is 0 Å². The number of hydrogen-bond donors (Lipinski definition) is 2. The number of alkyl halides is 1. The van der Waals surface area contributed by atoms with Gasteiger partial charge < -0.3 is 10.8 Å². The summed E-state index contributed by atoms with van der Waals surface area (Å²) in [6.45, 7) is 2.02. The number of benzene rings is 1. The van der Waals surface area contributed by atoms with Crippen LogP contribution in [-0.2, 0) is 5.41 Å². The van der Waals surface area contributed by atoms with Gasteiger partial charge in [0.2, 0.25) is 0 Å². The van der Waals surface area contributed by atoms with Crippen molar-refractivity contribution in [2.45, 2.75) is 37.8 Å². The van der Waals surface area contributed by atoms with Gasteiger partial charge in [0, 0.05) is 17.5 Å². The molecule has 2 nitrogen and oxygen atoms in total. The van der Waals surface area contributed by atoms with E-state index in [0.29, 0.717) is 12.1 Å². The Morgan fingerprint density at radius 1 is 1.50 bits per heavy atom. The zero-order valence-electron chi connectivity index (χ0n) is 9.54. The highest BCUT2D eigenvalue weighted by molar-refractivity contribution is 5.43. The van der Waals surface area contributed by atoms with E-state index in [9.17, 15) is 9.50 Å². The third kappa shape index (κ3) is 1.69. The van der Waals surface area contributed by atoms with E-state index in [-0.39, 0.29) is 11.2 Å². The molecule has 1 atom stereocenters. The van der Waals surface area contributed by atoms with Gasteiger partial charge in [-0.15, -0.1) is 0 Å². The van der Waals surface area contributed by atoms with Crippen LogP contribution in [0.2, 0.25) is 0 Å². The van der Waals surface area contributed by atoms with Gasteiger partial charge in [-0.3, -0.25) is 0 Å². The van der Waals surface area contributed by atoms with Crippen molar-refractivity contribution in [1.29, 1.82) is 0 Å². The predicted molar refractivity (Wildman–Crippen MR) is 62.2 cm³/mol. The number of rotatable bonds is 3. The summed E-state index contributed by atoms with van der Waals surface area (Å²) in [4.78, 5) is 0. The van der Waals surface area contributed by atoms with E-state index in [4.69, 9.17) is 5.73 Å². The molecule has 0 radical (unpaired) electrons. The summed E-state index contributed by atoms with van der Waals surface area (Å²) >= 11 is 0. The van der Waals surface area contributed by atoms with Gasteiger partial charge >= 0.3 is 0 Å². The van der Waals surface area contributed by atoms with Crippen molar-refractivity contribution in [3.8, 4) is 5.75 Å². The van der Waals surface area contributed by atoms with Crippen LogP contribution in [0.25, 0.3) is 0 Å². The number of aromatic hydroxyl groups is 1. The average Bonchev–Trinajstić information content (AvgIpc) is 2.19. The molecule has 1 aromatic carbocycles. The van der Waals surface area contributed by atoms with Gasteiger partial charge in [0.25, 0.3) is 0 Å². The van der Waals surface area contributed by atoms with Crippen LogP contribution in [0.4, 0.5) is 4.39 Å². The normalized spacial score (nSPS) is 20.2. The highest BCUT2D eigenvalue weighted by Gasteiger charge is 2.39. The zero-order valence-corrected chi connectivity index (χ0v) is 9.54. The molecule has 1 unspecified atom stereocenters. The molecule has 3 N–H and O–H groups in total. The van der Waals surface area contributed by atoms with Gasteiger partial charge in [0.05, 0.1) is 0 Å². The molecular weight excluding hydrogens is 205 g/mol. The van der Waals surface area contributed by atoms with E-state index in [1.165, 1.54) is 6.92 Å². The van der Waals surface area contributed by atoms with Gasteiger partial charge in [-0.25, -0.2) is 4.39 Å². The van der Waals surface area contributed by atoms with E-state index < -0.39 is 6.17 Å². The van der Waals surface area contributed by atoms with Crippen molar-refractivity contribution >= 4 is 0 Å². The van der Waals surface area contributed by atoms with Crippen molar-refractivity contribution in [2.24, 2.45) is 5.73 Å². The first-order valence-corrected chi connectivity index (χ1v) is 5.76. The fourth-order valence-corrected chi connectivity index (χ4v) is 2.41. The standard InChI is InChI=1S/C13H18FNO/c1-9(14)10-3-4-12(16)11(7-10)13(8-15)5-2-6-13/h3-4,7,9,16H,2,5-6,8,15H2,1H3. The number of hydrogen-bond acceptors (Lipinski definition) is 2. The van der Waals surface area contributed by atoms with Crippen LogP contribution < -0.4 is 5.73 Å². The highest BCUT2D eigenvalue weighted by Crippen LogP contribution is 2.46. The molecule has 1 saturated carbocycles. The molecule has 0 aromatic heterocycles. The average molecular weight is 223 g/mol. The summed E-state index contributed by atoms with van der Waals surface area (Å²) in [5.41, 5.74) is 7.12. The quantitative estimate of drug-likeness (QED) is 0.827. The largest absolute Gasteiger partial charge is 0.508 e. The van der Waals surface area contributed by atoms with Crippen LogP contribution >= 0.6 is 0 Å². The van der Waals surface area contributed by atoms with Crippen LogP contribution in [0.3, 0.4) is 0 Å². The van der Waals surface area contributed by atoms with E-state index >= 15 is 0 Å². The monoisotopic (exact) mass is 223 g/mol. The molecule has 3 heteroatoms. The highest BCUT2D eigenvalue weighted by atomic mass is 19.1. The van der Waals surface area contributed by atoms with Crippen LogP contribution in [-0.4, -0.2) is 11.7 Å². The van der Waals surface area contributed by atoms with Crippen molar-refractivity contribution in [3.63, 3.8) is 0 Å². The molecule has 0 heterocycles. The molecule has 0 amide bonds. The molecule has 0 saturated heterocycles. The first-order chi connectivity index (χ1) is 7.59. The van der Waals surface area contributed by atoms with Crippen molar-refractivity contribution in [3.05, 3.63) is 29.3 Å². The Balaban J connectivity index is 2.42. The predicted octanol–water partition coefficient (Wildman–Crippen LogP) is 2.80. The van der Waals surface area contributed by atoms with Crippen LogP contribution in [0.15, 0.2) is 18.2 Å². The molecule has 0 bridgehead atoms. The SMILES string of the molecule is CC(F)c1ccc(O)c(C2(CN)CCC2)c1. The second-order valence-corrected chi connectivity index (χ2v) is 4.73. The molecule has 88 valence electrons. The lowest BCUT2D eigenvalue weighted by atomic mass is 9.64. The van der Waals surface area contributed by atoms with E-state index in [1.54, 1.807) is 18.2 Å². The molecular formula is C13H18FNO. The number of nitrogens with two attached hydrogens (primary N) is 1. The minimum Gasteiger partial charge on any atom is -0.508 e. The molecule has 0 spiro atoms. The number of phenolic OH excluding ortho intramolecular Hbond substituents is 1. The lowest BCUT2D eigenvalue weighted by molar-refractivity contribution is 0.244. The Morgan fingerprint density at radius 3 is 2.62 bits per heavy atom. The topological polar surface area (TPSA) is 46.2 Å². The maximum absolute atomic E-state index is 13.2. The summed E-state index contributed by atoms with van der Waals surface area (Å²) in [6.07, 6.45) is 2.10. The Hall–Kier alpha value is -1.09. The number of phenols is 1. The first-order valence-electron chi connectivity index (χ1n) is 5.76. The zero-order chi connectivity index (χ0) is 11.8. The van der Waals surface area contributed by atoms with Gasteiger partial charge in [0.15, 0.2) is 0 Å². The van der Waals surface area contributed by atoms with Gasteiger partial charge in [0.1, 0.15) is 11.9 Å². The third-order valence-corrected chi connectivity index (χ3v) is 3.75. The van der Waals surface area contributed by atoms with Gasteiger partial charge in [-0.2, -0.15) is 0 Å². The maximum atomic E-state index is 13.2. The fourth-order valence-electron chi connectivity index (χ4n) is 2.41. The van der Waals surface area contributed by atoms with E-state index in [1.807, 2.05) is 0 Å². The Kier molecular flexibility index (Phi) is 2.89. The van der Waals surface area contributed by atoms with Crippen LogP contribution in [0.1, 0.15) is 43.5 Å². The molecule has 1 aliphatic carbocycles. The molecule has 16 heavy (non-hydrogen) atoms. The number of halogens is 1. The Bertz CT molecular complexity index is 380. The third-order valence-electron chi connectivity index (χ3n) is 3.75. The second-order valence-electron chi connectivity index (χ2n) is 4.73. The first kappa shape index (κ1) is 11.4. The fraction of sp³-hybridized carbons (Fsp3) is 0.538. The maximum Gasteiger partial charge on any atom is 0.122 e. The summed E-state index contributed by atoms with van der Waals surface area (Å²) in [6, 6.07) is 4.98. The second kappa shape index (κ2) is 4.06. The molecule has 0 aliphatic heterocycles. The summed E-state index contributed by atoms with van der Waals surface area (Å²) in [7, 11) is 0. The van der Waals surface area contributed by atoms with Gasteiger partial charge in [-0.05, 0) is 37.5 Å². The molecule has 1 fully saturated rings. The summed E-state index contributed by atoms with van der Waals surface area (Å²) in [5.74, 6) is 0.245. The Morgan fingerprint density at radius 2 is 2.19 bits per heavy atom. The van der Waals surface area contributed by atoms with Crippen LogP contribution in [0.5, 0.6) is 5.75 Å². The van der Waals surface area contributed by atoms with Crippen molar-refractivity contribution in [2.75, 3.05) is 6.54 Å². The lowest BCUT2D eigenvalue weighted by Crippen LogP contribution is -2.41. The summed E-state index contributed by atoms with van der Waals surface area (Å²) in [5, 5.41) is 9.87. The lowest BCUT2D eigenvalue weighted by Gasteiger charge is -2.42.